The maximum atomic E-state index is 8.33. The van der Waals surface area contributed by atoms with E-state index in [0.29, 0.717) is 0 Å². The molecule has 1 N–H and O–H groups in total. The fourth-order valence-electron chi connectivity index (χ4n) is 1.12. The van der Waals surface area contributed by atoms with Crippen molar-refractivity contribution < 1.29 is 5.21 Å². The highest BCUT2D eigenvalue weighted by Gasteiger charge is 1.99. The van der Waals surface area contributed by atoms with Crippen molar-refractivity contribution in [3.63, 3.8) is 0 Å². The molecule has 64 valence electrons. The van der Waals surface area contributed by atoms with Crippen LogP contribution in [0.4, 0.5) is 0 Å². The second-order valence-electron chi connectivity index (χ2n) is 2.71. The van der Waals surface area contributed by atoms with Gasteiger partial charge in [-0.15, -0.1) is 0 Å². The molecule has 1 aromatic rings. The van der Waals surface area contributed by atoms with E-state index in [9.17, 15) is 0 Å². The van der Waals surface area contributed by atoms with Gasteiger partial charge in [0.1, 0.15) is 0 Å². The number of nitrogens with zero attached hydrogens (tertiary/aromatic N) is 1. The minimum Gasteiger partial charge on any atom is -0.411 e. The van der Waals surface area contributed by atoms with Gasteiger partial charge in [-0.1, -0.05) is 21.1 Å². The number of rotatable bonds is 1. The Morgan fingerprint density at radius 3 is 2.25 bits per heavy atom. The topological polar surface area (TPSA) is 32.6 Å². The third-order valence-corrected chi connectivity index (χ3v) is 2.92. The number of aryl methyl sites for hydroxylation is 2. The summed E-state index contributed by atoms with van der Waals surface area (Å²) in [6.07, 6.45) is 1.42. The quantitative estimate of drug-likeness (QED) is 0.447. The molecule has 0 fully saturated rings. The third kappa shape index (κ3) is 1.85. The van der Waals surface area contributed by atoms with Crippen molar-refractivity contribution in [2.75, 3.05) is 0 Å². The maximum Gasteiger partial charge on any atom is 0.0734 e. The highest BCUT2D eigenvalue weighted by molar-refractivity contribution is 9.10. The van der Waals surface area contributed by atoms with Crippen LogP contribution in [-0.4, -0.2) is 11.4 Å². The summed E-state index contributed by atoms with van der Waals surface area (Å²) in [5.41, 5.74) is 3.20. The van der Waals surface area contributed by atoms with E-state index in [1.165, 1.54) is 6.21 Å². The molecule has 1 rings (SSSR count). The molecule has 0 aromatic heterocycles. The van der Waals surface area contributed by atoms with E-state index >= 15 is 0 Å². The summed E-state index contributed by atoms with van der Waals surface area (Å²) in [5, 5.41) is 11.3. The third-order valence-electron chi connectivity index (χ3n) is 1.67. The lowest BCUT2D eigenvalue weighted by Crippen LogP contribution is -1.87. The van der Waals surface area contributed by atoms with Crippen molar-refractivity contribution in [2.45, 2.75) is 13.8 Å². The van der Waals surface area contributed by atoms with Crippen LogP contribution in [0.2, 0.25) is 0 Å². The molecule has 1 aromatic carbocycles. The average Bonchev–Trinajstić information content (AvgIpc) is 2.01. The predicted molar refractivity (Wildman–Crippen MR) is 53.0 cm³/mol. The van der Waals surface area contributed by atoms with Crippen LogP contribution in [0.3, 0.4) is 0 Å². The van der Waals surface area contributed by atoms with Gasteiger partial charge >= 0.3 is 0 Å². The molecule has 0 aliphatic heterocycles. The van der Waals surface area contributed by atoms with E-state index in [1.54, 1.807) is 0 Å². The lowest BCUT2D eigenvalue weighted by atomic mass is 10.1. The molecule has 2 nitrogen and oxygen atoms in total. The zero-order chi connectivity index (χ0) is 9.14. The normalized spacial score (nSPS) is 10.9. The summed E-state index contributed by atoms with van der Waals surface area (Å²) in [4.78, 5) is 0. The minimum absolute atomic E-state index is 0.913. The summed E-state index contributed by atoms with van der Waals surface area (Å²) in [7, 11) is 0. The first-order valence-corrected chi connectivity index (χ1v) is 4.38. The fraction of sp³-hybridized carbons (Fsp3) is 0.222. The zero-order valence-electron chi connectivity index (χ0n) is 7.00. The summed E-state index contributed by atoms with van der Waals surface area (Å²) in [6, 6.07) is 3.91. The van der Waals surface area contributed by atoms with Crippen LogP contribution in [-0.2, 0) is 0 Å². The minimum atomic E-state index is 0.913. The van der Waals surface area contributed by atoms with E-state index in [-0.39, 0.29) is 0 Å². The van der Waals surface area contributed by atoms with Crippen molar-refractivity contribution >= 4 is 22.1 Å². The zero-order valence-corrected chi connectivity index (χ0v) is 8.59. The SMILES string of the molecule is Cc1cc(C=NO)cc(C)c1Br. The Morgan fingerprint density at radius 2 is 1.83 bits per heavy atom. The Kier molecular flexibility index (Phi) is 2.87. The number of hydrogen-bond donors (Lipinski definition) is 1. The lowest BCUT2D eigenvalue weighted by Gasteiger charge is -2.03. The number of hydrogen-bond acceptors (Lipinski definition) is 2. The first-order valence-electron chi connectivity index (χ1n) is 3.59. The van der Waals surface area contributed by atoms with E-state index < -0.39 is 0 Å². The molecule has 0 aliphatic rings. The molecule has 0 bridgehead atoms. The lowest BCUT2D eigenvalue weighted by molar-refractivity contribution is 0.322. The van der Waals surface area contributed by atoms with Crippen molar-refractivity contribution in [1.82, 2.24) is 0 Å². The molecule has 0 spiro atoms. The average molecular weight is 228 g/mol. The summed E-state index contributed by atoms with van der Waals surface area (Å²) in [5.74, 6) is 0. The molecule has 0 saturated carbocycles. The Balaban J connectivity index is 3.21. The number of halogens is 1. The van der Waals surface area contributed by atoms with E-state index in [2.05, 4.69) is 21.1 Å². The summed E-state index contributed by atoms with van der Waals surface area (Å²) in [6.45, 7) is 4.01. The van der Waals surface area contributed by atoms with Crippen molar-refractivity contribution in [1.29, 1.82) is 0 Å². The van der Waals surface area contributed by atoms with Crippen LogP contribution >= 0.6 is 15.9 Å². The smallest absolute Gasteiger partial charge is 0.0734 e. The summed E-state index contributed by atoms with van der Waals surface area (Å²) >= 11 is 3.46. The second kappa shape index (κ2) is 3.72. The molecule has 0 saturated heterocycles. The van der Waals surface area contributed by atoms with Crippen molar-refractivity contribution in [2.24, 2.45) is 5.16 Å². The highest BCUT2D eigenvalue weighted by atomic mass is 79.9. The van der Waals surface area contributed by atoms with Crippen LogP contribution in [0.25, 0.3) is 0 Å². The van der Waals surface area contributed by atoms with Crippen molar-refractivity contribution in [3.8, 4) is 0 Å². The molecule has 0 aliphatic carbocycles. The van der Waals surface area contributed by atoms with Gasteiger partial charge in [-0.25, -0.2) is 0 Å². The van der Waals surface area contributed by atoms with Crippen molar-refractivity contribution in [3.05, 3.63) is 33.3 Å². The maximum absolute atomic E-state index is 8.33. The van der Waals surface area contributed by atoms with Gasteiger partial charge in [0.2, 0.25) is 0 Å². The van der Waals surface area contributed by atoms with Gasteiger partial charge in [-0.2, -0.15) is 0 Å². The van der Waals surface area contributed by atoms with Crippen LogP contribution in [0, 0.1) is 13.8 Å². The molecule has 0 amide bonds. The van der Waals surface area contributed by atoms with Gasteiger partial charge in [0.15, 0.2) is 0 Å². The van der Waals surface area contributed by atoms with Crippen LogP contribution in [0.5, 0.6) is 0 Å². The Labute approximate surface area is 80.0 Å². The van der Waals surface area contributed by atoms with Gasteiger partial charge in [0.25, 0.3) is 0 Å². The molecule has 0 radical (unpaired) electrons. The molecule has 3 heteroatoms. The number of benzene rings is 1. The molecular weight excluding hydrogens is 218 g/mol. The first-order chi connectivity index (χ1) is 5.65. The van der Waals surface area contributed by atoms with E-state index in [0.717, 1.165) is 21.2 Å². The highest BCUT2D eigenvalue weighted by Crippen LogP contribution is 2.21. The Hall–Kier alpha value is -0.830. The Bertz CT molecular complexity index is 297. The van der Waals surface area contributed by atoms with E-state index in [4.69, 9.17) is 5.21 Å². The van der Waals surface area contributed by atoms with Crippen LogP contribution < -0.4 is 0 Å². The van der Waals surface area contributed by atoms with Gasteiger partial charge in [-0.05, 0) is 42.7 Å². The van der Waals surface area contributed by atoms with E-state index in [1.807, 2.05) is 26.0 Å². The summed E-state index contributed by atoms with van der Waals surface area (Å²) < 4.78 is 1.11. The van der Waals surface area contributed by atoms with Gasteiger partial charge in [-0.3, -0.25) is 0 Å². The monoisotopic (exact) mass is 227 g/mol. The van der Waals surface area contributed by atoms with Crippen LogP contribution in [0.1, 0.15) is 16.7 Å². The predicted octanol–water partition coefficient (Wildman–Crippen LogP) is 2.87. The van der Waals surface area contributed by atoms with Gasteiger partial charge < -0.3 is 5.21 Å². The van der Waals surface area contributed by atoms with Gasteiger partial charge in [0.05, 0.1) is 6.21 Å². The molecule has 0 unspecified atom stereocenters. The largest absolute Gasteiger partial charge is 0.411 e. The van der Waals surface area contributed by atoms with Crippen LogP contribution in [0.15, 0.2) is 21.8 Å². The standard InChI is InChI=1S/C9H10BrNO/c1-6-3-8(5-11-12)4-7(2)9(6)10/h3-5,12H,1-2H3. The van der Waals surface area contributed by atoms with Gasteiger partial charge in [0, 0.05) is 4.47 Å². The molecule has 12 heavy (non-hydrogen) atoms. The molecule has 0 heterocycles. The number of oxime groups is 1. The Morgan fingerprint density at radius 1 is 1.33 bits per heavy atom. The molecular formula is C9H10BrNO. The molecule has 0 atom stereocenters. The fourth-order valence-corrected chi connectivity index (χ4v) is 1.35. The second-order valence-corrected chi connectivity index (χ2v) is 3.51. The first kappa shape index (κ1) is 9.26.